The van der Waals surface area contributed by atoms with E-state index in [0.29, 0.717) is 27.5 Å². The van der Waals surface area contributed by atoms with E-state index < -0.39 is 46.1 Å². The van der Waals surface area contributed by atoms with Crippen molar-refractivity contribution in [2.45, 2.75) is 38.8 Å². The summed E-state index contributed by atoms with van der Waals surface area (Å²) < 4.78 is 53.7. The predicted molar refractivity (Wildman–Crippen MR) is 152 cm³/mol. The van der Waals surface area contributed by atoms with Gasteiger partial charge in [-0.25, -0.2) is 17.2 Å². The van der Waals surface area contributed by atoms with Crippen molar-refractivity contribution in [1.82, 2.24) is 10.2 Å². The maximum atomic E-state index is 14.0. The number of nitrogens with one attached hydrogen (secondary N) is 1. The largest absolute Gasteiger partial charge is 0.354 e. The van der Waals surface area contributed by atoms with Gasteiger partial charge >= 0.3 is 0 Å². The number of rotatable bonds is 13. The molecule has 0 spiro atoms. The number of sulfonamides is 1. The minimum Gasteiger partial charge on any atom is -0.354 e. The molecule has 3 aromatic carbocycles. The molecule has 0 heterocycles. The van der Waals surface area contributed by atoms with E-state index in [1.807, 2.05) is 37.3 Å². The van der Waals surface area contributed by atoms with Crippen LogP contribution < -0.4 is 9.62 Å². The molecular formula is C29H32ClF2N3O4S. The molecule has 3 rings (SSSR count). The quantitative estimate of drug-likeness (QED) is 0.285. The van der Waals surface area contributed by atoms with Gasteiger partial charge in [-0.2, -0.15) is 0 Å². The highest BCUT2D eigenvalue weighted by Crippen LogP contribution is 2.23. The third kappa shape index (κ3) is 8.76. The van der Waals surface area contributed by atoms with Crippen LogP contribution in [0.2, 0.25) is 5.02 Å². The van der Waals surface area contributed by atoms with Crippen molar-refractivity contribution in [3.05, 3.63) is 101 Å². The maximum absolute atomic E-state index is 14.0. The molecule has 3 aromatic rings. The van der Waals surface area contributed by atoms with Crippen molar-refractivity contribution < 1.29 is 26.8 Å². The zero-order valence-electron chi connectivity index (χ0n) is 22.3. The molecule has 2 amide bonds. The molecule has 0 aliphatic rings. The molecule has 11 heteroatoms. The Morgan fingerprint density at radius 3 is 2.23 bits per heavy atom. The monoisotopic (exact) mass is 591 g/mol. The minimum absolute atomic E-state index is 0.0237. The number of benzene rings is 3. The van der Waals surface area contributed by atoms with Crippen LogP contribution in [0.4, 0.5) is 14.5 Å². The van der Waals surface area contributed by atoms with E-state index in [-0.39, 0.29) is 18.7 Å². The van der Waals surface area contributed by atoms with Crippen molar-refractivity contribution in [3.8, 4) is 0 Å². The van der Waals surface area contributed by atoms with Gasteiger partial charge in [-0.3, -0.25) is 13.9 Å². The first-order chi connectivity index (χ1) is 19.0. The molecule has 0 aliphatic heterocycles. The number of nitrogens with zero attached hydrogens (tertiary/aromatic N) is 2. The number of amides is 2. The lowest BCUT2D eigenvalue weighted by molar-refractivity contribution is -0.140. The van der Waals surface area contributed by atoms with Crippen LogP contribution in [0.15, 0.2) is 72.8 Å². The summed E-state index contributed by atoms with van der Waals surface area (Å²) in [5.41, 5.74) is 1.25. The first-order valence-electron chi connectivity index (χ1n) is 12.8. The van der Waals surface area contributed by atoms with Gasteiger partial charge in [0.1, 0.15) is 12.6 Å². The van der Waals surface area contributed by atoms with Crippen LogP contribution >= 0.6 is 11.6 Å². The molecule has 0 aromatic heterocycles. The summed E-state index contributed by atoms with van der Waals surface area (Å²) in [6.45, 7) is 1.64. The molecule has 1 atom stereocenters. The Morgan fingerprint density at radius 2 is 1.62 bits per heavy atom. The summed E-state index contributed by atoms with van der Waals surface area (Å²) in [5, 5.41) is 3.37. The number of anilines is 1. The van der Waals surface area contributed by atoms with Crippen LogP contribution in [0, 0.1) is 11.6 Å². The summed E-state index contributed by atoms with van der Waals surface area (Å²) in [6, 6.07) is 17.5. The highest BCUT2D eigenvalue weighted by atomic mass is 35.5. The van der Waals surface area contributed by atoms with Crippen LogP contribution in [0.1, 0.15) is 30.9 Å². The summed E-state index contributed by atoms with van der Waals surface area (Å²) in [6.07, 6.45) is 2.63. The molecule has 40 heavy (non-hydrogen) atoms. The van der Waals surface area contributed by atoms with Gasteiger partial charge in [-0.15, -0.1) is 0 Å². The van der Waals surface area contributed by atoms with Crippen LogP contribution in [-0.2, 0) is 32.6 Å². The lowest BCUT2D eigenvalue weighted by atomic mass is 10.0. The Labute approximate surface area is 238 Å². The van der Waals surface area contributed by atoms with Gasteiger partial charge in [0, 0.05) is 30.6 Å². The third-order valence-corrected chi connectivity index (χ3v) is 7.63. The molecule has 0 saturated carbocycles. The van der Waals surface area contributed by atoms with Gasteiger partial charge in [-0.1, -0.05) is 67.4 Å². The fourth-order valence-corrected chi connectivity index (χ4v) is 5.07. The fourth-order valence-electron chi connectivity index (χ4n) is 4.10. The average Bonchev–Trinajstić information content (AvgIpc) is 2.92. The number of hydrogen-bond acceptors (Lipinski definition) is 4. The van der Waals surface area contributed by atoms with Gasteiger partial charge in [0.05, 0.1) is 11.9 Å². The summed E-state index contributed by atoms with van der Waals surface area (Å²) in [5.74, 6) is -3.50. The third-order valence-electron chi connectivity index (χ3n) is 6.24. The maximum Gasteiger partial charge on any atom is 0.244 e. The Kier molecular flexibility index (Phi) is 11.0. The molecule has 0 radical (unpaired) electrons. The average molecular weight is 592 g/mol. The van der Waals surface area contributed by atoms with E-state index in [9.17, 15) is 26.8 Å². The second-order valence-corrected chi connectivity index (χ2v) is 11.7. The Bertz CT molecular complexity index is 1410. The van der Waals surface area contributed by atoms with E-state index in [2.05, 4.69) is 5.32 Å². The van der Waals surface area contributed by atoms with Gasteiger partial charge in [-0.05, 0) is 41.8 Å². The normalized spacial score (nSPS) is 12.0. The standard InChI is InChI=1S/C29H32ClF2N3O4S/c1-3-4-16-33-29(37)27(17-21-8-6-5-7-9-21)34(19-22-10-12-23(30)13-11-22)28(36)20-35(40(2,38)39)24-14-15-25(31)26(32)18-24/h5-15,18,27H,3-4,16-17,19-20H2,1-2H3,(H,33,37). The van der Waals surface area contributed by atoms with Gasteiger partial charge in [0.2, 0.25) is 21.8 Å². The van der Waals surface area contributed by atoms with Gasteiger partial charge < -0.3 is 10.2 Å². The number of hydrogen-bond donors (Lipinski definition) is 1. The smallest absolute Gasteiger partial charge is 0.244 e. The van der Waals surface area contributed by atoms with E-state index in [4.69, 9.17) is 11.6 Å². The van der Waals surface area contributed by atoms with E-state index in [0.717, 1.165) is 36.8 Å². The highest BCUT2D eigenvalue weighted by Gasteiger charge is 2.33. The minimum atomic E-state index is -4.10. The van der Waals surface area contributed by atoms with Crippen molar-refractivity contribution in [1.29, 1.82) is 0 Å². The first kappa shape index (κ1) is 31.0. The van der Waals surface area contributed by atoms with Gasteiger partial charge in [0.25, 0.3) is 0 Å². The Balaban J connectivity index is 2.03. The van der Waals surface area contributed by atoms with Crippen LogP contribution in [-0.4, -0.2) is 50.5 Å². The molecular weight excluding hydrogens is 560 g/mol. The molecule has 7 nitrogen and oxygen atoms in total. The van der Waals surface area contributed by atoms with Crippen molar-refractivity contribution >= 4 is 39.1 Å². The van der Waals surface area contributed by atoms with Crippen LogP contribution in [0.5, 0.6) is 0 Å². The molecule has 1 N–H and O–H groups in total. The molecule has 0 aliphatic carbocycles. The molecule has 214 valence electrons. The lowest BCUT2D eigenvalue weighted by Gasteiger charge is -2.33. The Morgan fingerprint density at radius 1 is 0.950 bits per heavy atom. The molecule has 1 unspecified atom stereocenters. The SMILES string of the molecule is CCCCNC(=O)C(Cc1ccccc1)N(Cc1ccc(Cl)cc1)C(=O)CN(c1ccc(F)c(F)c1)S(C)(=O)=O. The number of carbonyl (C=O) groups excluding carboxylic acids is 2. The summed E-state index contributed by atoms with van der Waals surface area (Å²) >= 11 is 6.04. The van der Waals surface area contributed by atoms with Gasteiger partial charge in [0.15, 0.2) is 11.6 Å². The number of carbonyl (C=O) groups is 2. The van der Waals surface area contributed by atoms with E-state index >= 15 is 0 Å². The molecule has 0 bridgehead atoms. The van der Waals surface area contributed by atoms with E-state index in [1.54, 1.807) is 24.3 Å². The molecule has 0 fully saturated rings. The number of halogens is 3. The van der Waals surface area contributed by atoms with Crippen LogP contribution in [0.3, 0.4) is 0 Å². The second-order valence-electron chi connectivity index (χ2n) is 9.37. The predicted octanol–water partition coefficient (Wildman–Crippen LogP) is 4.94. The number of unbranched alkanes of at least 4 members (excludes halogenated alkanes) is 1. The lowest BCUT2D eigenvalue weighted by Crippen LogP contribution is -2.53. The summed E-state index contributed by atoms with van der Waals surface area (Å²) in [4.78, 5) is 28.7. The van der Waals surface area contributed by atoms with Crippen molar-refractivity contribution in [2.75, 3.05) is 23.7 Å². The zero-order valence-corrected chi connectivity index (χ0v) is 23.9. The topological polar surface area (TPSA) is 86.8 Å². The van der Waals surface area contributed by atoms with Crippen molar-refractivity contribution in [3.63, 3.8) is 0 Å². The zero-order chi connectivity index (χ0) is 29.3. The second kappa shape index (κ2) is 14.2. The molecule has 0 saturated heterocycles. The van der Waals surface area contributed by atoms with E-state index in [1.165, 1.54) is 4.90 Å². The fraction of sp³-hybridized carbons (Fsp3) is 0.310. The summed E-state index contributed by atoms with van der Waals surface area (Å²) in [7, 11) is -4.10. The van der Waals surface area contributed by atoms with Crippen molar-refractivity contribution in [2.24, 2.45) is 0 Å². The van der Waals surface area contributed by atoms with Crippen LogP contribution in [0.25, 0.3) is 0 Å². The Hall–Kier alpha value is -3.50. The first-order valence-corrected chi connectivity index (χ1v) is 15.0. The highest BCUT2D eigenvalue weighted by molar-refractivity contribution is 7.92.